The van der Waals surface area contributed by atoms with Crippen LogP contribution in [0.1, 0.15) is 16.8 Å². The molecule has 6 heteroatoms. The minimum atomic E-state index is -0.216. The van der Waals surface area contributed by atoms with Gasteiger partial charge in [0.1, 0.15) is 12.4 Å². The maximum absolute atomic E-state index is 12.0. The SMILES string of the molecule is COCCOCC(=O)Nc1cc(C)nn1-c1cc(C)cc(C)c1. The molecule has 0 saturated heterocycles. The summed E-state index contributed by atoms with van der Waals surface area (Å²) in [5, 5.41) is 7.31. The van der Waals surface area contributed by atoms with Crippen molar-refractivity contribution in [1.29, 1.82) is 0 Å². The van der Waals surface area contributed by atoms with Crippen LogP contribution in [0.2, 0.25) is 0 Å². The molecule has 0 spiro atoms. The minimum Gasteiger partial charge on any atom is -0.382 e. The van der Waals surface area contributed by atoms with Crippen LogP contribution in [-0.4, -0.2) is 42.6 Å². The number of amides is 1. The van der Waals surface area contributed by atoms with Crippen LogP contribution >= 0.6 is 0 Å². The lowest BCUT2D eigenvalue weighted by Crippen LogP contribution is -2.21. The van der Waals surface area contributed by atoms with Crippen molar-refractivity contribution in [3.63, 3.8) is 0 Å². The first kappa shape index (κ1) is 17.2. The zero-order valence-electron chi connectivity index (χ0n) is 14.0. The fourth-order valence-electron chi connectivity index (χ4n) is 2.34. The number of ether oxygens (including phenoxy) is 2. The number of aryl methyl sites for hydroxylation is 3. The van der Waals surface area contributed by atoms with Gasteiger partial charge in [0.15, 0.2) is 0 Å². The summed E-state index contributed by atoms with van der Waals surface area (Å²) in [6.45, 7) is 6.81. The lowest BCUT2D eigenvalue weighted by molar-refractivity contribution is -0.121. The highest BCUT2D eigenvalue weighted by atomic mass is 16.5. The molecule has 1 aromatic heterocycles. The molecule has 0 radical (unpaired) electrons. The van der Waals surface area contributed by atoms with E-state index in [1.807, 2.05) is 39.0 Å². The summed E-state index contributed by atoms with van der Waals surface area (Å²) < 4.78 is 11.8. The minimum absolute atomic E-state index is 0.0135. The van der Waals surface area contributed by atoms with Gasteiger partial charge in [-0.3, -0.25) is 4.79 Å². The summed E-state index contributed by atoms with van der Waals surface area (Å²) >= 11 is 0. The molecular formula is C17H23N3O3. The van der Waals surface area contributed by atoms with Crippen LogP contribution in [0.3, 0.4) is 0 Å². The molecule has 0 bridgehead atoms. The number of benzene rings is 1. The zero-order chi connectivity index (χ0) is 16.8. The van der Waals surface area contributed by atoms with Crippen LogP contribution in [0.25, 0.3) is 5.69 Å². The van der Waals surface area contributed by atoms with E-state index in [4.69, 9.17) is 9.47 Å². The summed E-state index contributed by atoms with van der Waals surface area (Å²) in [5.41, 5.74) is 4.05. The Balaban J connectivity index is 2.12. The number of anilines is 1. The molecule has 0 atom stereocenters. The molecule has 1 amide bonds. The Morgan fingerprint density at radius 1 is 1.13 bits per heavy atom. The van der Waals surface area contributed by atoms with Crippen molar-refractivity contribution in [2.75, 3.05) is 32.2 Å². The highest BCUT2D eigenvalue weighted by Gasteiger charge is 2.11. The lowest BCUT2D eigenvalue weighted by atomic mass is 10.1. The average molecular weight is 317 g/mol. The van der Waals surface area contributed by atoms with E-state index in [2.05, 4.69) is 16.5 Å². The van der Waals surface area contributed by atoms with Gasteiger partial charge in [-0.05, 0) is 44.0 Å². The van der Waals surface area contributed by atoms with Gasteiger partial charge in [-0.1, -0.05) is 6.07 Å². The van der Waals surface area contributed by atoms with E-state index in [0.29, 0.717) is 19.0 Å². The normalized spacial score (nSPS) is 10.8. The number of hydrogen-bond donors (Lipinski definition) is 1. The molecule has 0 aliphatic heterocycles. The fraction of sp³-hybridized carbons (Fsp3) is 0.412. The van der Waals surface area contributed by atoms with Gasteiger partial charge in [-0.25, -0.2) is 4.68 Å². The number of rotatable bonds is 7. The number of nitrogens with zero attached hydrogens (tertiary/aromatic N) is 2. The lowest BCUT2D eigenvalue weighted by Gasteiger charge is -2.11. The second-order valence-corrected chi connectivity index (χ2v) is 5.52. The Labute approximate surface area is 136 Å². The Morgan fingerprint density at radius 3 is 2.48 bits per heavy atom. The van der Waals surface area contributed by atoms with Crippen molar-refractivity contribution >= 4 is 11.7 Å². The second kappa shape index (κ2) is 7.89. The van der Waals surface area contributed by atoms with Crippen LogP contribution in [0.4, 0.5) is 5.82 Å². The van der Waals surface area contributed by atoms with Crippen molar-refractivity contribution in [2.24, 2.45) is 0 Å². The third kappa shape index (κ3) is 4.91. The average Bonchev–Trinajstić information content (AvgIpc) is 2.83. The molecule has 6 nitrogen and oxygen atoms in total. The summed E-state index contributed by atoms with van der Waals surface area (Å²) in [4.78, 5) is 12.0. The van der Waals surface area contributed by atoms with E-state index in [0.717, 1.165) is 22.5 Å². The van der Waals surface area contributed by atoms with Crippen LogP contribution in [0.15, 0.2) is 24.3 Å². The van der Waals surface area contributed by atoms with E-state index in [1.54, 1.807) is 11.8 Å². The molecule has 0 aliphatic rings. The smallest absolute Gasteiger partial charge is 0.251 e. The van der Waals surface area contributed by atoms with Crippen LogP contribution < -0.4 is 5.32 Å². The van der Waals surface area contributed by atoms with E-state index in [1.165, 1.54) is 0 Å². The standard InChI is InChI=1S/C17H23N3O3/c1-12-7-13(2)9-15(8-12)20-16(10-14(3)19-20)18-17(21)11-23-6-5-22-4/h7-10H,5-6,11H2,1-4H3,(H,18,21). The van der Waals surface area contributed by atoms with Crippen molar-refractivity contribution in [2.45, 2.75) is 20.8 Å². The van der Waals surface area contributed by atoms with Crippen LogP contribution in [0, 0.1) is 20.8 Å². The number of carbonyl (C=O) groups excluding carboxylic acids is 1. The van der Waals surface area contributed by atoms with Crippen molar-refractivity contribution in [3.8, 4) is 5.69 Å². The predicted molar refractivity (Wildman–Crippen MR) is 89.1 cm³/mol. The Morgan fingerprint density at radius 2 is 1.83 bits per heavy atom. The van der Waals surface area contributed by atoms with Gasteiger partial charge in [0.2, 0.25) is 0 Å². The van der Waals surface area contributed by atoms with Gasteiger partial charge in [-0.15, -0.1) is 0 Å². The monoisotopic (exact) mass is 317 g/mol. The summed E-state index contributed by atoms with van der Waals surface area (Å²) in [6, 6.07) is 8.00. The number of methoxy groups -OCH3 is 1. The Bertz CT molecular complexity index is 659. The molecule has 23 heavy (non-hydrogen) atoms. The zero-order valence-corrected chi connectivity index (χ0v) is 14.0. The van der Waals surface area contributed by atoms with Gasteiger partial charge in [0.25, 0.3) is 5.91 Å². The highest BCUT2D eigenvalue weighted by molar-refractivity contribution is 5.91. The van der Waals surface area contributed by atoms with Crippen LogP contribution in [-0.2, 0) is 14.3 Å². The first-order chi connectivity index (χ1) is 11.0. The molecule has 2 aromatic rings. The van der Waals surface area contributed by atoms with Crippen molar-refractivity contribution in [1.82, 2.24) is 9.78 Å². The van der Waals surface area contributed by atoms with Gasteiger partial charge in [0.05, 0.1) is 24.6 Å². The topological polar surface area (TPSA) is 65.4 Å². The maximum Gasteiger partial charge on any atom is 0.251 e. The van der Waals surface area contributed by atoms with Gasteiger partial charge < -0.3 is 14.8 Å². The molecule has 1 heterocycles. The Hall–Kier alpha value is -2.18. The quantitative estimate of drug-likeness (QED) is 0.796. The summed E-state index contributed by atoms with van der Waals surface area (Å²) in [5.74, 6) is 0.416. The van der Waals surface area contributed by atoms with E-state index >= 15 is 0 Å². The molecule has 124 valence electrons. The first-order valence-corrected chi connectivity index (χ1v) is 7.51. The number of nitrogens with one attached hydrogen (secondary N) is 1. The van der Waals surface area contributed by atoms with Gasteiger partial charge in [-0.2, -0.15) is 5.10 Å². The number of hydrogen-bond acceptors (Lipinski definition) is 4. The fourth-order valence-corrected chi connectivity index (χ4v) is 2.34. The van der Waals surface area contributed by atoms with Gasteiger partial charge in [0, 0.05) is 13.2 Å². The number of carbonyl (C=O) groups is 1. The molecule has 2 rings (SSSR count). The largest absolute Gasteiger partial charge is 0.382 e. The van der Waals surface area contributed by atoms with Crippen LogP contribution in [0.5, 0.6) is 0 Å². The predicted octanol–water partition coefficient (Wildman–Crippen LogP) is 2.40. The molecular weight excluding hydrogens is 294 g/mol. The third-order valence-corrected chi connectivity index (χ3v) is 3.21. The van der Waals surface area contributed by atoms with Crippen molar-refractivity contribution < 1.29 is 14.3 Å². The maximum atomic E-state index is 12.0. The highest BCUT2D eigenvalue weighted by Crippen LogP contribution is 2.19. The first-order valence-electron chi connectivity index (χ1n) is 7.51. The molecule has 1 aromatic carbocycles. The molecule has 0 fully saturated rings. The van der Waals surface area contributed by atoms with E-state index in [9.17, 15) is 4.79 Å². The van der Waals surface area contributed by atoms with E-state index < -0.39 is 0 Å². The van der Waals surface area contributed by atoms with E-state index in [-0.39, 0.29) is 12.5 Å². The van der Waals surface area contributed by atoms with Gasteiger partial charge >= 0.3 is 0 Å². The summed E-state index contributed by atoms with van der Waals surface area (Å²) in [7, 11) is 1.59. The third-order valence-electron chi connectivity index (χ3n) is 3.21. The number of aromatic nitrogens is 2. The second-order valence-electron chi connectivity index (χ2n) is 5.52. The summed E-state index contributed by atoms with van der Waals surface area (Å²) in [6.07, 6.45) is 0. The molecule has 0 aliphatic carbocycles. The molecule has 0 unspecified atom stereocenters. The molecule has 1 N–H and O–H groups in total. The Kier molecular flexibility index (Phi) is 5.90. The molecule has 0 saturated carbocycles. The van der Waals surface area contributed by atoms with Crippen molar-refractivity contribution in [3.05, 3.63) is 41.1 Å².